The summed E-state index contributed by atoms with van der Waals surface area (Å²) in [6.45, 7) is 3.62. The van der Waals surface area contributed by atoms with Gasteiger partial charge in [0, 0.05) is 5.92 Å². The summed E-state index contributed by atoms with van der Waals surface area (Å²) >= 11 is 0. The molecule has 1 unspecified atom stereocenters. The maximum absolute atomic E-state index is 11.3. The molecule has 0 fully saturated rings. The first-order valence-corrected chi connectivity index (χ1v) is 6.17. The van der Waals surface area contributed by atoms with Crippen LogP contribution in [0.2, 0.25) is 0 Å². The van der Waals surface area contributed by atoms with Crippen LogP contribution in [0.15, 0.2) is 36.4 Å². The van der Waals surface area contributed by atoms with Crippen LogP contribution in [0.3, 0.4) is 0 Å². The number of rotatable bonds is 4. The number of Topliss-reactive ketones (excluding diaryl/α,β-unsaturated/α-hetero) is 1. The number of fused-ring (bicyclic) bond motifs is 1. The van der Waals surface area contributed by atoms with Crippen LogP contribution in [-0.4, -0.2) is 12.9 Å². The van der Waals surface area contributed by atoms with E-state index in [1.807, 2.05) is 19.1 Å². The Hall–Kier alpha value is -1.83. The molecule has 94 valence electrons. The van der Waals surface area contributed by atoms with E-state index in [0.29, 0.717) is 0 Å². The molecule has 0 spiro atoms. The minimum absolute atomic E-state index is 0.0840. The summed E-state index contributed by atoms with van der Waals surface area (Å²) in [6.07, 6.45) is 0.803. The predicted octanol–water partition coefficient (Wildman–Crippen LogP) is 3.62. The number of ether oxygens (including phenoxy) is 1. The molecule has 0 aliphatic rings. The molecule has 2 aromatic carbocycles. The van der Waals surface area contributed by atoms with Crippen molar-refractivity contribution in [3.63, 3.8) is 0 Å². The third-order valence-electron chi connectivity index (χ3n) is 3.35. The lowest BCUT2D eigenvalue weighted by Crippen LogP contribution is -2.09. The minimum atomic E-state index is 0.0840. The lowest BCUT2D eigenvalue weighted by Gasteiger charge is -2.09. The highest BCUT2D eigenvalue weighted by molar-refractivity contribution is 5.85. The van der Waals surface area contributed by atoms with Gasteiger partial charge in [0.2, 0.25) is 0 Å². The van der Waals surface area contributed by atoms with Gasteiger partial charge in [0.15, 0.2) is 0 Å². The summed E-state index contributed by atoms with van der Waals surface area (Å²) in [5, 5.41) is 2.35. The Morgan fingerprint density at radius 1 is 1.17 bits per heavy atom. The molecule has 1 atom stereocenters. The first kappa shape index (κ1) is 12.6. The summed E-state index contributed by atoms with van der Waals surface area (Å²) in [5.41, 5.74) is 1.20. The van der Waals surface area contributed by atoms with Crippen LogP contribution in [0, 0.1) is 5.92 Å². The van der Waals surface area contributed by atoms with Gasteiger partial charge < -0.3 is 4.74 Å². The molecule has 0 aliphatic carbocycles. The first-order chi connectivity index (χ1) is 8.60. The molecule has 2 aromatic rings. The zero-order valence-electron chi connectivity index (χ0n) is 11.1. The van der Waals surface area contributed by atoms with Gasteiger partial charge in [-0.25, -0.2) is 0 Å². The Morgan fingerprint density at radius 3 is 2.50 bits per heavy atom. The topological polar surface area (TPSA) is 26.3 Å². The average molecular weight is 242 g/mol. The lowest BCUT2D eigenvalue weighted by molar-refractivity contribution is -0.120. The fourth-order valence-corrected chi connectivity index (χ4v) is 2.02. The maximum atomic E-state index is 11.3. The smallest absolute Gasteiger partial charge is 0.132 e. The van der Waals surface area contributed by atoms with Gasteiger partial charge >= 0.3 is 0 Å². The largest absolute Gasteiger partial charge is 0.497 e. The fraction of sp³-hybridized carbons (Fsp3) is 0.312. The molecule has 18 heavy (non-hydrogen) atoms. The van der Waals surface area contributed by atoms with Crippen LogP contribution < -0.4 is 4.74 Å². The van der Waals surface area contributed by atoms with E-state index in [4.69, 9.17) is 4.74 Å². The van der Waals surface area contributed by atoms with E-state index in [2.05, 4.69) is 24.3 Å². The molecule has 0 aromatic heterocycles. The van der Waals surface area contributed by atoms with Gasteiger partial charge in [0.05, 0.1) is 7.11 Å². The van der Waals surface area contributed by atoms with Gasteiger partial charge in [-0.1, -0.05) is 31.2 Å². The normalized spacial score (nSPS) is 12.4. The molecule has 0 saturated heterocycles. The van der Waals surface area contributed by atoms with Crippen LogP contribution >= 0.6 is 0 Å². The minimum Gasteiger partial charge on any atom is -0.497 e. The van der Waals surface area contributed by atoms with Crippen molar-refractivity contribution in [1.29, 1.82) is 0 Å². The molecule has 0 aliphatic heterocycles. The van der Waals surface area contributed by atoms with E-state index in [1.165, 1.54) is 10.9 Å². The number of carbonyl (C=O) groups is 1. The SMILES string of the molecule is COc1ccc2cc(CC(C)C(C)=O)ccc2c1. The number of benzene rings is 2. The average Bonchev–Trinajstić information content (AvgIpc) is 2.37. The van der Waals surface area contributed by atoms with Gasteiger partial charge in [0.1, 0.15) is 11.5 Å². The third kappa shape index (κ3) is 2.70. The molecule has 0 N–H and O–H groups in total. The van der Waals surface area contributed by atoms with Crippen molar-refractivity contribution in [3.05, 3.63) is 42.0 Å². The van der Waals surface area contributed by atoms with Crippen LogP contribution in [0.25, 0.3) is 10.8 Å². The van der Waals surface area contributed by atoms with Crippen LogP contribution in [0.1, 0.15) is 19.4 Å². The molecule has 0 heterocycles. The Bertz CT molecular complexity index is 572. The molecule has 2 rings (SSSR count). The summed E-state index contributed by atoms with van der Waals surface area (Å²) in [4.78, 5) is 11.3. The van der Waals surface area contributed by atoms with Gasteiger partial charge in [-0.3, -0.25) is 4.79 Å². The summed E-state index contributed by atoms with van der Waals surface area (Å²) in [7, 11) is 1.67. The van der Waals surface area contributed by atoms with Crippen molar-refractivity contribution in [2.24, 2.45) is 5.92 Å². The van der Waals surface area contributed by atoms with Crippen LogP contribution in [0.4, 0.5) is 0 Å². The zero-order chi connectivity index (χ0) is 13.1. The van der Waals surface area contributed by atoms with E-state index in [1.54, 1.807) is 14.0 Å². The first-order valence-electron chi connectivity index (χ1n) is 6.17. The number of hydrogen-bond donors (Lipinski definition) is 0. The molecular weight excluding hydrogens is 224 g/mol. The van der Waals surface area contributed by atoms with E-state index in [-0.39, 0.29) is 11.7 Å². The number of ketones is 1. The van der Waals surface area contributed by atoms with Crippen LogP contribution in [-0.2, 0) is 11.2 Å². The van der Waals surface area contributed by atoms with Gasteiger partial charge in [-0.2, -0.15) is 0 Å². The molecule has 2 heteroatoms. The van der Waals surface area contributed by atoms with E-state index in [9.17, 15) is 4.79 Å². The van der Waals surface area contributed by atoms with Gasteiger partial charge in [-0.05, 0) is 41.8 Å². The maximum Gasteiger partial charge on any atom is 0.132 e. The Labute approximate surface area is 108 Å². The standard InChI is InChI=1S/C16H18O2/c1-11(12(2)17)8-13-4-5-15-10-16(18-3)7-6-14(15)9-13/h4-7,9-11H,8H2,1-3H3. The molecule has 2 nitrogen and oxygen atoms in total. The molecule has 0 saturated carbocycles. The number of methoxy groups -OCH3 is 1. The third-order valence-corrected chi connectivity index (χ3v) is 3.35. The molecule has 0 radical (unpaired) electrons. The monoisotopic (exact) mass is 242 g/mol. The van der Waals surface area contributed by atoms with E-state index < -0.39 is 0 Å². The second-order valence-corrected chi connectivity index (χ2v) is 4.76. The number of carbonyl (C=O) groups excluding carboxylic acids is 1. The van der Waals surface area contributed by atoms with Gasteiger partial charge in [0.25, 0.3) is 0 Å². The summed E-state index contributed by atoms with van der Waals surface area (Å²) in [5.74, 6) is 1.19. The predicted molar refractivity (Wildman–Crippen MR) is 74.0 cm³/mol. The van der Waals surface area contributed by atoms with Crippen molar-refractivity contribution >= 4 is 16.6 Å². The second-order valence-electron chi connectivity index (χ2n) is 4.76. The van der Waals surface area contributed by atoms with Crippen LogP contribution in [0.5, 0.6) is 5.75 Å². The molecule has 0 bridgehead atoms. The number of hydrogen-bond acceptors (Lipinski definition) is 2. The van der Waals surface area contributed by atoms with Crippen molar-refractivity contribution in [3.8, 4) is 5.75 Å². The highest BCUT2D eigenvalue weighted by Crippen LogP contribution is 2.23. The van der Waals surface area contributed by atoms with Crippen molar-refractivity contribution < 1.29 is 9.53 Å². The lowest BCUT2D eigenvalue weighted by atomic mass is 9.96. The highest BCUT2D eigenvalue weighted by Gasteiger charge is 2.08. The summed E-state index contributed by atoms with van der Waals surface area (Å²) < 4.78 is 5.20. The Balaban J connectivity index is 2.30. The molecular formula is C16H18O2. The van der Waals surface area contributed by atoms with E-state index in [0.717, 1.165) is 17.6 Å². The van der Waals surface area contributed by atoms with E-state index >= 15 is 0 Å². The van der Waals surface area contributed by atoms with Crippen molar-refractivity contribution in [2.75, 3.05) is 7.11 Å². The highest BCUT2D eigenvalue weighted by atomic mass is 16.5. The summed E-state index contributed by atoms with van der Waals surface area (Å²) in [6, 6.07) is 12.3. The molecule has 0 amide bonds. The zero-order valence-corrected chi connectivity index (χ0v) is 11.1. The Kier molecular flexibility index (Phi) is 3.66. The van der Waals surface area contributed by atoms with Crippen molar-refractivity contribution in [1.82, 2.24) is 0 Å². The van der Waals surface area contributed by atoms with Crippen molar-refractivity contribution in [2.45, 2.75) is 20.3 Å². The van der Waals surface area contributed by atoms with Gasteiger partial charge in [-0.15, -0.1) is 0 Å². The quantitative estimate of drug-likeness (QED) is 0.818. The fourth-order valence-electron chi connectivity index (χ4n) is 2.02. The Morgan fingerprint density at radius 2 is 1.83 bits per heavy atom. The second kappa shape index (κ2) is 5.21.